The highest BCUT2D eigenvalue weighted by Gasteiger charge is 2.03. The van der Waals surface area contributed by atoms with E-state index in [-0.39, 0.29) is 29.7 Å². The molecule has 0 atom stereocenters. The maximum absolute atomic E-state index is 10.6. The largest absolute Gasteiger partial charge is 0.383 e. The number of hydrogen-bond acceptors (Lipinski definition) is 4. The van der Waals surface area contributed by atoms with Gasteiger partial charge >= 0.3 is 0 Å². The van der Waals surface area contributed by atoms with Crippen molar-refractivity contribution < 1.29 is 4.92 Å². The Morgan fingerprint density at radius 3 is 2.28 bits per heavy atom. The van der Waals surface area contributed by atoms with Gasteiger partial charge in [0.25, 0.3) is 5.69 Å². The van der Waals surface area contributed by atoms with Crippen LogP contribution in [0.4, 0.5) is 17.1 Å². The first-order valence-electron chi connectivity index (χ1n) is 7.72. The molecule has 2 rings (SSSR count). The lowest BCUT2D eigenvalue weighted by Gasteiger charge is -2.07. The number of aliphatic imine (C=N–C) groups is 1. The maximum atomic E-state index is 10.6. The van der Waals surface area contributed by atoms with Gasteiger partial charge in [-0.2, -0.15) is 0 Å². The summed E-state index contributed by atoms with van der Waals surface area (Å²) in [5, 5.41) is 16.7. The Kier molecular flexibility index (Phi) is 8.68. The second-order valence-corrected chi connectivity index (χ2v) is 5.17. The lowest BCUT2D eigenvalue weighted by molar-refractivity contribution is -0.384. The Hall–Kier alpha value is -2.36. The van der Waals surface area contributed by atoms with Crippen LogP contribution in [0.25, 0.3) is 0 Å². The molecular weight excluding hydrogens is 433 g/mol. The number of benzene rings is 2. The molecule has 0 saturated carbocycles. The van der Waals surface area contributed by atoms with Gasteiger partial charge in [0, 0.05) is 30.1 Å². The second-order valence-electron chi connectivity index (χ2n) is 5.17. The molecule has 0 saturated heterocycles. The van der Waals surface area contributed by atoms with E-state index in [2.05, 4.69) is 22.5 Å². The van der Waals surface area contributed by atoms with Crippen molar-refractivity contribution in [1.29, 1.82) is 0 Å². The van der Waals surface area contributed by atoms with Gasteiger partial charge in [-0.25, -0.2) is 0 Å². The van der Waals surface area contributed by atoms with E-state index >= 15 is 0 Å². The summed E-state index contributed by atoms with van der Waals surface area (Å²) in [5.41, 5.74) is 8.89. The third-order valence-electron chi connectivity index (χ3n) is 3.44. The Balaban J connectivity index is 0.00000312. The average molecular weight is 455 g/mol. The zero-order valence-corrected chi connectivity index (χ0v) is 16.3. The van der Waals surface area contributed by atoms with Crippen LogP contribution in [0.15, 0.2) is 53.5 Å². The summed E-state index contributed by atoms with van der Waals surface area (Å²) in [6.07, 6.45) is 0.998. The van der Waals surface area contributed by atoms with Crippen molar-refractivity contribution in [2.75, 3.05) is 23.7 Å². The maximum Gasteiger partial charge on any atom is 0.269 e. The van der Waals surface area contributed by atoms with Crippen molar-refractivity contribution >= 4 is 47.0 Å². The van der Waals surface area contributed by atoms with Crippen LogP contribution in [0.2, 0.25) is 0 Å². The van der Waals surface area contributed by atoms with Crippen molar-refractivity contribution in [3.8, 4) is 0 Å². The van der Waals surface area contributed by atoms with Gasteiger partial charge < -0.3 is 16.4 Å². The predicted octanol–water partition coefficient (Wildman–Crippen LogP) is 3.61. The first-order chi connectivity index (χ1) is 11.6. The van der Waals surface area contributed by atoms with Gasteiger partial charge in [-0.15, -0.1) is 24.0 Å². The zero-order chi connectivity index (χ0) is 17.4. The standard InChI is InChI=1S/C17H21N5O2.HI/c1-2-13-3-5-15(6-4-13)21-17(18)20-12-11-19-14-7-9-16(10-8-14)22(23)24;/h3-10,19H,2,11-12H2,1H3,(H3,18,20,21);1H. The minimum absolute atomic E-state index is 0. The summed E-state index contributed by atoms with van der Waals surface area (Å²) in [4.78, 5) is 14.4. The molecule has 0 aliphatic rings. The number of anilines is 2. The normalized spacial score (nSPS) is 10.7. The number of nitrogens with one attached hydrogen (secondary N) is 2. The molecule has 0 radical (unpaired) electrons. The third-order valence-corrected chi connectivity index (χ3v) is 3.44. The Labute approximate surface area is 163 Å². The molecule has 8 heteroatoms. The van der Waals surface area contributed by atoms with Crippen LogP contribution in [0.1, 0.15) is 12.5 Å². The number of non-ortho nitro benzene ring substituents is 1. The summed E-state index contributed by atoms with van der Waals surface area (Å²) in [7, 11) is 0. The van der Waals surface area contributed by atoms with Crippen molar-refractivity contribution in [3.05, 3.63) is 64.2 Å². The highest BCUT2D eigenvalue weighted by Crippen LogP contribution is 2.15. The van der Waals surface area contributed by atoms with Gasteiger partial charge in [0.05, 0.1) is 11.5 Å². The number of hydrogen-bond donors (Lipinski definition) is 3. The first-order valence-corrected chi connectivity index (χ1v) is 7.72. The molecule has 7 nitrogen and oxygen atoms in total. The van der Waals surface area contributed by atoms with E-state index < -0.39 is 4.92 Å². The van der Waals surface area contributed by atoms with Gasteiger partial charge in [0.1, 0.15) is 0 Å². The summed E-state index contributed by atoms with van der Waals surface area (Å²) < 4.78 is 0. The number of nitrogens with zero attached hydrogens (tertiary/aromatic N) is 2. The number of aryl methyl sites for hydroxylation is 1. The molecule has 0 bridgehead atoms. The molecule has 25 heavy (non-hydrogen) atoms. The van der Waals surface area contributed by atoms with E-state index in [1.165, 1.54) is 17.7 Å². The Morgan fingerprint density at radius 2 is 1.72 bits per heavy atom. The number of nitro groups is 1. The summed E-state index contributed by atoms with van der Waals surface area (Å²) in [6, 6.07) is 14.3. The fourth-order valence-corrected chi connectivity index (χ4v) is 2.09. The Bertz CT molecular complexity index is 702. The highest BCUT2D eigenvalue weighted by molar-refractivity contribution is 14.0. The summed E-state index contributed by atoms with van der Waals surface area (Å²) >= 11 is 0. The molecule has 0 aliphatic heterocycles. The molecular formula is C17H22IN5O2. The van der Waals surface area contributed by atoms with Gasteiger partial charge in [-0.05, 0) is 36.2 Å². The van der Waals surface area contributed by atoms with E-state index in [9.17, 15) is 10.1 Å². The van der Waals surface area contributed by atoms with Crippen LogP contribution in [0, 0.1) is 10.1 Å². The highest BCUT2D eigenvalue weighted by atomic mass is 127. The quantitative estimate of drug-likeness (QED) is 0.148. The van der Waals surface area contributed by atoms with Gasteiger partial charge in [0.2, 0.25) is 0 Å². The molecule has 0 unspecified atom stereocenters. The number of guanidine groups is 1. The van der Waals surface area contributed by atoms with E-state index in [0.29, 0.717) is 19.0 Å². The van der Waals surface area contributed by atoms with Crippen LogP contribution < -0.4 is 16.4 Å². The second kappa shape index (κ2) is 10.5. The summed E-state index contributed by atoms with van der Waals surface area (Å²) in [5.74, 6) is 0.352. The SMILES string of the molecule is CCc1ccc(NC(N)=NCCNc2ccc([N+](=O)[O-])cc2)cc1.I. The first kappa shape index (κ1) is 20.7. The minimum Gasteiger partial charge on any atom is -0.383 e. The lowest BCUT2D eigenvalue weighted by Crippen LogP contribution is -2.23. The van der Waals surface area contributed by atoms with Crippen LogP contribution >= 0.6 is 24.0 Å². The predicted molar refractivity (Wildman–Crippen MR) is 113 cm³/mol. The molecule has 0 fully saturated rings. The molecule has 4 N–H and O–H groups in total. The third kappa shape index (κ3) is 6.96. The molecule has 0 aromatic heterocycles. The fraction of sp³-hybridized carbons (Fsp3) is 0.235. The molecule has 0 aliphatic carbocycles. The monoisotopic (exact) mass is 455 g/mol. The van der Waals surface area contributed by atoms with E-state index in [4.69, 9.17) is 5.73 Å². The van der Waals surface area contributed by atoms with Crippen molar-refractivity contribution in [1.82, 2.24) is 0 Å². The molecule has 0 heterocycles. The van der Waals surface area contributed by atoms with E-state index in [1.807, 2.05) is 24.3 Å². The van der Waals surface area contributed by atoms with Gasteiger partial charge in [0.15, 0.2) is 5.96 Å². The van der Waals surface area contributed by atoms with Gasteiger partial charge in [-0.3, -0.25) is 15.1 Å². The fourth-order valence-electron chi connectivity index (χ4n) is 2.09. The van der Waals surface area contributed by atoms with Crippen molar-refractivity contribution in [3.63, 3.8) is 0 Å². The summed E-state index contributed by atoms with van der Waals surface area (Å²) in [6.45, 7) is 3.17. The number of nitro benzene ring substituents is 1. The number of nitrogens with two attached hydrogens (primary N) is 1. The zero-order valence-electron chi connectivity index (χ0n) is 13.9. The van der Waals surface area contributed by atoms with E-state index in [0.717, 1.165) is 17.8 Å². The minimum atomic E-state index is -0.423. The molecule has 134 valence electrons. The molecule has 0 spiro atoms. The Morgan fingerprint density at radius 1 is 1.12 bits per heavy atom. The van der Waals surface area contributed by atoms with Crippen molar-refractivity contribution in [2.45, 2.75) is 13.3 Å². The molecule has 0 amide bonds. The average Bonchev–Trinajstić information content (AvgIpc) is 2.60. The van der Waals surface area contributed by atoms with Gasteiger partial charge in [-0.1, -0.05) is 19.1 Å². The van der Waals surface area contributed by atoms with Crippen LogP contribution in [0.3, 0.4) is 0 Å². The van der Waals surface area contributed by atoms with Crippen LogP contribution in [-0.4, -0.2) is 24.0 Å². The van der Waals surface area contributed by atoms with Crippen LogP contribution in [-0.2, 0) is 6.42 Å². The molecule has 2 aromatic carbocycles. The number of halogens is 1. The topological polar surface area (TPSA) is 106 Å². The van der Waals surface area contributed by atoms with Crippen LogP contribution in [0.5, 0.6) is 0 Å². The lowest BCUT2D eigenvalue weighted by atomic mass is 10.1. The van der Waals surface area contributed by atoms with Crippen molar-refractivity contribution in [2.24, 2.45) is 10.7 Å². The number of rotatable bonds is 7. The van der Waals surface area contributed by atoms with E-state index in [1.54, 1.807) is 12.1 Å². The molecule has 2 aromatic rings. The smallest absolute Gasteiger partial charge is 0.269 e.